The molecule has 276 valence electrons. The van der Waals surface area contributed by atoms with Crippen LogP contribution in [0.5, 0.6) is 11.5 Å². The number of aryl methyl sites for hydroxylation is 2. The van der Waals surface area contributed by atoms with E-state index in [1.807, 2.05) is 13.0 Å². The van der Waals surface area contributed by atoms with Crippen LogP contribution in [0.4, 0.5) is 11.4 Å². The van der Waals surface area contributed by atoms with Gasteiger partial charge in [-0.05, 0) is 117 Å². The summed E-state index contributed by atoms with van der Waals surface area (Å²) in [7, 11) is -2.79. The summed E-state index contributed by atoms with van der Waals surface area (Å²) in [5, 5.41) is 13.6. The number of sulfonamides is 1. The quantitative estimate of drug-likeness (QED) is 0.264. The molecule has 12 heteroatoms. The maximum Gasteiger partial charge on any atom is 0.264 e. The Hall–Kier alpha value is -4.06. The maximum absolute atomic E-state index is 13.9. The molecular weight excluding hydrogens is 702 g/mol. The first-order chi connectivity index (χ1) is 24.9. The molecule has 52 heavy (non-hydrogen) atoms. The van der Waals surface area contributed by atoms with E-state index in [1.54, 1.807) is 48.6 Å². The number of carbonyl (C=O) groups excluding carboxylic acids is 2. The highest BCUT2D eigenvalue weighted by Gasteiger charge is 2.44. The minimum atomic E-state index is -4.32. The Morgan fingerprint density at radius 2 is 1.98 bits per heavy atom. The van der Waals surface area contributed by atoms with Crippen LogP contribution in [0.25, 0.3) is 0 Å². The molecule has 7 rings (SSSR count). The second-order valence-corrected chi connectivity index (χ2v) is 17.2. The number of ether oxygens (including phenoxy) is 2. The zero-order chi connectivity index (χ0) is 36.6. The number of aliphatic hydroxyl groups excluding tert-OH is 1. The number of amides is 2. The summed E-state index contributed by atoms with van der Waals surface area (Å²) in [5.41, 5.74) is 4.31. The Bertz CT molecular complexity index is 2000. The van der Waals surface area contributed by atoms with Crippen molar-refractivity contribution in [3.05, 3.63) is 94.0 Å². The molecule has 2 bridgehead atoms. The number of allylic oxidation sites excluding steroid dienone is 1. The van der Waals surface area contributed by atoms with Gasteiger partial charge in [0.05, 0.1) is 30.8 Å². The number of hydrogen-bond donors (Lipinski definition) is 3. The number of hydrogen-bond acceptors (Lipinski definition) is 8. The molecule has 0 radical (unpaired) electrons. The Morgan fingerprint density at radius 3 is 2.77 bits per heavy atom. The minimum absolute atomic E-state index is 0.0352. The summed E-state index contributed by atoms with van der Waals surface area (Å²) in [6, 6.07) is 16.4. The Labute approximate surface area is 310 Å². The van der Waals surface area contributed by atoms with Crippen LogP contribution in [-0.4, -0.2) is 63.5 Å². The van der Waals surface area contributed by atoms with Crippen molar-refractivity contribution in [1.82, 2.24) is 4.72 Å². The van der Waals surface area contributed by atoms with E-state index in [-0.39, 0.29) is 35.7 Å². The zero-order valence-corrected chi connectivity index (χ0v) is 31.1. The van der Waals surface area contributed by atoms with Crippen LogP contribution in [0.15, 0.2) is 66.7 Å². The summed E-state index contributed by atoms with van der Waals surface area (Å²) >= 11 is 6.42. The molecule has 2 aliphatic carbocycles. The summed E-state index contributed by atoms with van der Waals surface area (Å²) in [5.74, 6) is 0.140. The number of nitrogens with zero attached hydrogens (tertiary/aromatic N) is 1. The van der Waals surface area contributed by atoms with Crippen molar-refractivity contribution < 1.29 is 32.6 Å². The van der Waals surface area contributed by atoms with E-state index >= 15 is 0 Å². The summed E-state index contributed by atoms with van der Waals surface area (Å²) in [6.45, 7) is 3.57. The van der Waals surface area contributed by atoms with E-state index in [2.05, 4.69) is 27.1 Å². The Balaban J connectivity index is 1.21. The van der Waals surface area contributed by atoms with E-state index in [0.29, 0.717) is 48.3 Å². The van der Waals surface area contributed by atoms with E-state index in [0.717, 1.165) is 43.4 Å². The predicted octanol–water partition coefficient (Wildman–Crippen LogP) is 6.32. The van der Waals surface area contributed by atoms with Gasteiger partial charge in [0, 0.05) is 47.3 Å². The molecule has 4 aliphatic rings. The van der Waals surface area contributed by atoms with Crippen LogP contribution in [0.2, 0.25) is 5.02 Å². The molecule has 0 unspecified atom stereocenters. The van der Waals surface area contributed by atoms with Crippen molar-refractivity contribution in [3.63, 3.8) is 0 Å². The molecule has 3 aromatic carbocycles. The Morgan fingerprint density at radius 1 is 1.13 bits per heavy atom. The van der Waals surface area contributed by atoms with E-state index < -0.39 is 33.2 Å². The normalized spacial score (nSPS) is 27.5. The molecule has 3 aromatic rings. The SMILES string of the molecule is COc1ccc(C)c(NC(=O)C[C@@H]2CC/C=C\[C@H](O)[C@@H]3CC[C@H]3CN3C[C@@]4(CCCc5cc(Cl)ccc54)COc4ccc(cc43)C(=O)NS2(=O)=O)c1. The highest BCUT2D eigenvalue weighted by atomic mass is 35.5. The predicted molar refractivity (Wildman–Crippen MR) is 202 cm³/mol. The van der Waals surface area contributed by atoms with E-state index in [9.17, 15) is 23.1 Å². The number of benzene rings is 3. The van der Waals surface area contributed by atoms with Crippen LogP contribution in [0.3, 0.4) is 0 Å². The maximum atomic E-state index is 13.9. The van der Waals surface area contributed by atoms with Gasteiger partial charge in [0.15, 0.2) is 0 Å². The standard InChI is InChI=1S/C40H46ClN3O7S/c1-25-9-13-30(50-2)20-34(25)42-38(46)21-31-7-3-4-8-36(45)32-14-10-28(32)22-44-23-40(17-5-6-26-18-29(41)12-15-33(26)40)24-51-37-16-11-27(19-35(37)44)39(47)43-52(31,48)49/h4,8-9,11-13,15-16,18-20,28,31-32,36,45H,3,5-7,10,14,17,21-24H2,1-2H3,(H,42,46)(H,43,47)/b8-4-/t28-,31-,32+,36-,40-/m0/s1. The highest BCUT2D eigenvalue weighted by Crippen LogP contribution is 2.47. The van der Waals surface area contributed by atoms with Crippen molar-refractivity contribution >= 4 is 44.8 Å². The average molecular weight is 748 g/mol. The van der Waals surface area contributed by atoms with Crippen LogP contribution in [0.1, 0.15) is 72.0 Å². The van der Waals surface area contributed by atoms with Gasteiger partial charge < -0.3 is 24.8 Å². The fourth-order valence-electron chi connectivity index (χ4n) is 8.38. The molecule has 2 heterocycles. The lowest BCUT2D eigenvalue weighted by atomic mass is 9.68. The van der Waals surface area contributed by atoms with Crippen molar-refractivity contribution in [2.24, 2.45) is 11.8 Å². The van der Waals surface area contributed by atoms with Crippen molar-refractivity contribution in [3.8, 4) is 11.5 Å². The fraction of sp³-hybridized carbons (Fsp3) is 0.450. The summed E-state index contributed by atoms with van der Waals surface area (Å²) in [6.07, 6.45) is 7.54. The molecule has 5 atom stereocenters. The van der Waals surface area contributed by atoms with Gasteiger partial charge in [0.1, 0.15) is 11.5 Å². The van der Waals surface area contributed by atoms with Gasteiger partial charge in [-0.2, -0.15) is 0 Å². The van der Waals surface area contributed by atoms with Crippen molar-refractivity contribution in [2.45, 2.75) is 75.1 Å². The summed E-state index contributed by atoms with van der Waals surface area (Å²) < 4.78 is 41.9. The van der Waals surface area contributed by atoms with Gasteiger partial charge in [-0.15, -0.1) is 0 Å². The van der Waals surface area contributed by atoms with Crippen LogP contribution in [0, 0.1) is 18.8 Å². The van der Waals surface area contributed by atoms with Crippen LogP contribution >= 0.6 is 11.6 Å². The number of fused-ring (bicyclic) bond motifs is 4. The molecule has 1 saturated carbocycles. The number of anilines is 2. The topological polar surface area (TPSA) is 134 Å². The molecular formula is C40H46ClN3O7S. The highest BCUT2D eigenvalue weighted by molar-refractivity contribution is 7.90. The second kappa shape index (κ2) is 14.8. The number of carbonyl (C=O) groups is 2. The van der Waals surface area contributed by atoms with Crippen molar-refractivity contribution in [2.75, 3.05) is 37.0 Å². The zero-order valence-electron chi connectivity index (χ0n) is 29.6. The van der Waals surface area contributed by atoms with Gasteiger partial charge in [-0.25, -0.2) is 13.1 Å². The van der Waals surface area contributed by atoms with Gasteiger partial charge >= 0.3 is 0 Å². The van der Waals surface area contributed by atoms with Gasteiger partial charge in [-0.3, -0.25) is 9.59 Å². The first-order valence-corrected chi connectivity index (χ1v) is 20.0. The first-order valence-electron chi connectivity index (χ1n) is 18.1. The average Bonchev–Trinajstić information content (AvgIpc) is 3.25. The first kappa shape index (κ1) is 36.3. The molecule has 0 saturated heterocycles. The number of methoxy groups -OCH3 is 1. The minimum Gasteiger partial charge on any atom is -0.497 e. The van der Waals surface area contributed by atoms with Crippen molar-refractivity contribution in [1.29, 1.82) is 0 Å². The molecule has 1 spiro atoms. The largest absolute Gasteiger partial charge is 0.497 e. The molecule has 0 aromatic heterocycles. The molecule has 3 N–H and O–H groups in total. The molecule has 2 aliphatic heterocycles. The fourth-order valence-corrected chi connectivity index (χ4v) is 9.93. The molecule has 2 amide bonds. The third-order valence-electron chi connectivity index (χ3n) is 11.5. The lowest BCUT2D eigenvalue weighted by molar-refractivity contribution is -0.116. The number of aliphatic hydroxyl groups is 1. The monoisotopic (exact) mass is 747 g/mol. The smallest absolute Gasteiger partial charge is 0.264 e. The van der Waals surface area contributed by atoms with Gasteiger partial charge in [0.2, 0.25) is 15.9 Å². The lowest BCUT2D eigenvalue weighted by Gasteiger charge is -2.45. The Kier molecular flexibility index (Phi) is 10.3. The van der Waals surface area contributed by atoms with Gasteiger partial charge in [0.25, 0.3) is 5.91 Å². The third kappa shape index (κ3) is 7.40. The third-order valence-corrected chi connectivity index (χ3v) is 13.4. The second-order valence-electron chi connectivity index (χ2n) is 14.8. The van der Waals surface area contributed by atoms with Gasteiger partial charge in [-0.1, -0.05) is 35.9 Å². The number of nitrogens with one attached hydrogen (secondary N) is 2. The number of rotatable bonds is 4. The summed E-state index contributed by atoms with van der Waals surface area (Å²) in [4.78, 5) is 29.4. The number of halogens is 1. The van der Waals surface area contributed by atoms with E-state index in [4.69, 9.17) is 21.1 Å². The van der Waals surface area contributed by atoms with Crippen LogP contribution < -0.4 is 24.4 Å². The lowest BCUT2D eigenvalue weighted by Crippen LogP contribution is -2.49. The van der Waals surface area contributed by atoms with E-state index in [1.165, 1.54) is 18.2 Å². The molecule has 1 fully saturated rings. The van der Waals surface area contributed by atoms with Crippen LogP contribution in [-0.2, 0) is 26.7 Å². The molecule has 10 nitrogen and oxygen atoms in total.